The van der Waals surface area contributed by atoms with E-state index in [-0.39, 0.29) is 5.82 Å². The highest BCUT2D eigenvalue weighted by atomic mass is 19.1. The lowest BCUT2D eigenvalue weighted by Gasteiger charge is -2.15. The molecule has 5 aromatic heterocycles. The molecule has 0 atom stereocenters. The molecule has 11 heteroatoms. The number of ether oxygens (including phenoxy) is 1. The Morgan fingerprint density at radius 3 is 2.63 bits per heavy atom. The Morgan fingerprint density at radius 2 is 1.77 bits per heavy atom. The van der Waals surface area contributed by atoms with Crippen LogP contribution in [0, 0.1) is 5.82 Å². The van der Waals surface area contributed by atoms with Crippen LogP contribution in [0.5, 0.6) is 5.75 Å². The van der Waals surface area contributed by atoms with E-state index >= 15 is 0 Å². The topological polar surface area (TPSA) is 112 Å². The fourth-order valence-electron chi connectivity index (χ4n) is 5.66. The number of nitrogens with zero attached hydrogens (tertiary/aromatic N) is 7. The van der Waals surface area contributed by atoms with Crippen molar-refractivity contribution in [1.29, 1.82) is 0 Å². The predicted molar refractivity (Wildman–Crippen MR) is 164 cm³/mol. The summed E-state index contributed by atoms with van der Waals surface area (Å²) in [5.74, 6) is 0.653. The van der Waals surface area contributed by atoms with Gasteiger partial charge in [-0.15, -0.1) is 0 Å². The van der Waals surface area contributed by atoms with E-state index in [1.165, 1.54) is 25.0 Å². The van der Waals surface area contributed by atoms with Crippen molar-refractivity contribution < 1.29 is 9.13 Å². The Kier molecular flexibility index (Phi) is 7.25. The van der Waals surface area contributed by atoms with Crippen molar-refractivity contribution in [2.75, 3.05) is 40.3 Å². The molecule has 0 radical (unpaired) electrons. The van der Waals surface area contributed by atoms with Crippen molar-refractivity contribution in [2.45, 2.75) is 19.4 Å². The van der Waals surface area contributed by atoms with E-state index in [1.54, 1.807) is 12.4 Å². The van der Waals surface area contributed by atoms with E-state index in [0.717, 1.165) is 48.5 Å². The molecule has 6 heterocycles. The fraction of sp³-hybridized carbons (Fsp3) is 0.281. The maximum Gasteiger partial charge on any atom is 0.161 e. The van der Waals surface area contributed by atoms with Gasteiger partial charge in [-0.3, -0.25) is 20.0 Å². The SMILES string of the molecule is CN(C)Cc1cncc(-c2ccc3[nH]nc(-c4nc5c(-c6cc(F)cc(OCCN7CCCC7)c6)cncc5[nH]4)c3n2)c1. The summed E-state index contributed by atoms with van der Waals surface area (Å²) >= 11 is 0. The van der Waals surface area contributed by atoms with Crippen molar-refractivity contribution in [3.05, 3.63) is 72.6 Å². The van der Waals surface area contributed by atoms with E-state index < -0.39 is 0 Å². The molecule has 0 bridgehead atoms. The summed E-state index contributed by atoms with van der Waals surface area (Å²) in [5.41, 5.74) is 7.58. The Balaban J connectivity index is 1.21. The van der Waals surface area contributed by atoms with Crippen molar-refractivity contribution in [1.82, 2.24) is 44.9 Å². The number of hydrogen-bond acceptors (Lipinski definition) is 8. The van der Waals surface area contributed by atoms with Gasteiger partial charge in [-0.25, -0.2) is 14.4 Å². The zero-order valence-electron chi connectivity index (χ0n) is 24.1. The van der Waals surface area contributed by atoms with Gasteiger partial charge in [-0.05, 0) is 81.5 Å². The van der Waals surface area contributed by atoms with Crippen LogP contribution in [0.2, 0.25) is 0 Å². The smallest absolute Gasteiger partial charge is 0.161 e. The van der Waals surface area contributed by atoms with Crippen LogP contribution in [0.4, 0.5) is 4.39 Å². The molecule has 1 aromatic carbocycles. The third-order valence-corrected chi connectivity index (χ3v) is 7.67. The molecule has 7 rings (SSSR count). The molecule has 0 aliphatic carbocycles. The summed E-state index contributed by atoms with van der Waals surface area (Å²) in [6.07, 6.45) is 9.53. The third-order valence-electron chi connectivity index (χ3n) is 7.67. The first kappa shape index (κ1) is 27.1. The number of benzene rings is 1. The molecule has 2 N–H and O–H groups in total. The van der Waals surface area contributed by atoms with Gasteiger partial charge in [0.1, 0.15) is 23.7 Å². The fourth-order valence-corrected chi connectivity index (χ4v) is 5.66. The maximum atomic E-state index is 14.7. The average Bonchev–Trinajstić information content (AvgIpc) is 3.76. The Labute approximate surface area is 248 Å². The van der Waals surface area contributed by atoms with Crippen LogP contribution in [0.3, 0.4) is 0 Å². The predicted octanol–water partition coefficient (Wildman–Crippen LogP) is 5.30. The number of rotatable bonds is 9. The standard InChI is InChI=1S/C32H32FN9O/c1-41(2)19-20-11-22(16-34-15-20)26-5-6-27-30(36-26)31(40-39-27)32-37-28-18-35-17-25(29(28)38-32)21-12-23(33)14-24(13-21)43-10-9-42-7-3-4-8-42/h5-6,11-18H,3-4,7-10,19H2,1-2H3,(H,37,38)(H,39,40). The monoisotopic (exact) mass is 577 g/mol. The minimum Gasteiger partial charge on any atom is -0.492 e. The van der Waals surface area contributed by atoms with Gasteiger partial charge in [0, 0.05) is 48.9 Å². The Bertz CT molecular complexity index is 1910. The molecule has 0 saturated carbocycles. The lowest BCUT2D eigenvalue weighted by Crippen LogP contribution is -2.25. The van der Waals surface area contributed by atoms with Gasteiger partial charge in [0.15, 0.2) is 11.5 Å². The number of fused-ring (bicyclic) bond motifs is 2. The quantitative estimate of drug-likeness (QED) is 0.238. The molecule has 0 unspecified atom stereocenters. The molecule has 6 aromatic rings. The van der Waals surface area contributed by atoms with E-state index in [9.17, 15) is 4.39 Å². The molecule has 0 spiro atoms. The molecular formula is C32H32FN9O. The average molecular weight is 578 g/mol. The first-order chi connectivity index (χ1) is 21.0. The second-order valence-electron chi connectivity index (χ2n) is 11.2. The van der Waals surface area contributed by atoms with Crippen molar-refractivity contribution in [3.63, 3.8) is 0 Å². The van der Waals surface area contributed by atoms with Crippen LogP contribution in [0.1, 0.15) is 18.4 Å². The van der Waals surface area contributed by atoms with Gasteiger partial charge in [0.05, 0.1) is 28.4 Å². The van der Waals surface area contributed by atoms with Crippen LogP contribution in [0.25, 0.3) is 56.0 Å². The van der Waals surface area contributed by atoms with Gasteiger partial charge in [-0.1, -0.05) is 0 Å². The van der Waals surface area contributed by atoms with Crippen LogP contribution in [-0.4, -0.2) is 85.3 Å². The normalized spacial score (nSPS) is 14.0. The summed E-state index contributed by atoms with van der Waals surface area (Å²) in [6, 6.07) is 10.8. The lowest BCUT2D eigenvalue weighted by molar-refractivity contribution is 0.237. The molecule has 1 aliphatic heterocycles. The minimum atomic E-state index is -0.374. The largest absolute Gasteiger partial charge is 0.492 e. The summed E-state index contributed by atoms with van der Waals surface area (Å²) in [5, 5.41) is 7.61. The van der Waals surface area contributed by atoms with Crippen molar-refractivity contribution >= 4 is 22.1 Å². The Morgan fingerprint density at radius 1 is 0.907 bits per heavy atom. The van der Waals surface area contributed by atoms with Crippen molar-refractivity contribution in [3.8, 4) is 39.7 Å². The number of pyridine rings is 3. The number of aromatic amines is 2. The summed E-state index contributed by atoms with van der Waals surface area (Å²) in [6.45, 7) is 4.31. The minimum absolute atomic E-state index is 0.374. The molecule has 43 heavy (non-hydrogen) atoms. The van der Waals surface area contributed by atoms with E-state index in [4.69, 9.17) is 14.7 Å². The van der Waals surface area contributed by atoms with Gasteiger partial charge < -0.3 is 14.6 Å². The van der Waals surface area contributed by atoms with Crippen LogP contribution < -0.4 is 4.74 Å². The molecule has 1 fully saturated rings. The van der Waals surface area contributed by atoms with Gasteiger partial charge in [-0.2, -0.15) is 5.10 Å². The van der Waals surface area contributed by atoms with Crippen LogP contribution >= 0.6 is 0 Å². The summed E-state index contributed by atoms with van der Waals surface area (Å²) in [7, 11) is 4.06. The maximum absolute atomic E-state index is 14.7. The number of aromatic nitrogens is 7. The van der Waals surface area contributed by atoms with E-state index in [0.29, 0.717) is 51.6 Å². The molecule has 1 saturated heterocycles. The third kappa shape index (κ3) is 5.69. The van der Waals surface area contributed by atoms with Gasteiger partial charge in [0.2, 0.25) is 0 Å². The summed E-state index contributed by atoms with van der Waals surface area (Å²) in [4.78, 5) is 26.5. The number of likely N-dealkylation sites (tertiary alicyclic amines) is 1. The molecule has 0 amide bonds. The highest BCUT2D eigenvalue weighted by molar-refractivity contribution is 5.96. The molecule has 10 nitrogen and oxygen atoms in total. The first-order valence-electron chi connectivity index (χ1n) is 14.4. The second-order valence-corrected chi connectivity index (χ2v) is 11.2. The zero-order valence-corrected chi connectivity index (χ0v) is 24.1. The van der Waals surface area contributed by atoms with Crippen LogP contribution in [0.15, 0.2) is 61.2 Å². The number of halogens is 1. The van der Waals surface area contributed by atoms with E-state index in [1.807, 2.05) is 44.7 Å². The van der Waals surface area contributed by atoms with Gasteiger partial charge >= 0.3 is 0 Å². The number of hydrogen-bond donors (Lipinski definition) is 2. The number of imidazole rings is 1. The first-order valence-corrected chi connectivity index (χ1v) is 14.4. The molecule has 1 aliphatic rings. The van der Waals surface area contributed by atoms with Crippen molar-refractivity contribution in [2.24, 2.45) is 0 Å². The van der Waals surface area contributed by atoms with Gasteiger partial charge in [0.25, 0.3) is 0 Å². The number of H-pyrrole nitrogens is 2. The van der Waals surface area contributed by atoms with E-state index in [2.05, 4.69) is 41.0 Å². The lowest BCUT2D eigenvalue weighted by atomic mass is 10.1. The van der Waals surface area contributed by atoms with Crippen LogP contribution in [-0.2, 0) is 6.54 Å². The molecule has 218 valence electrons. The molecular weight excluding hydrogens is 545 g/mol. The number of nitrogens with one attached hydrogen (secondary N) is 2. The highest BCUT2D eigenvalue weighted by Gasteiger charge is 2.18. The summed E-state index contributed by atoms with van der Waals surface area (Å²) < 4.78 is 20.7. The highest BCUT2D eigenvalue weighted by Crippen LogP contribution is 2.33. The Hall–Kier alpha value is -4.74. The second kappa shape index (κ2) is 11.5. The zero-order chi connectivity index (χ0) is 29.3.